The second kappa shape index (κ2) is 5.23. The Morgan fingerprint density at radius 2 is 2.18 bits per heavy atom. The Hall–Kier alpha value is -1.49. The molecule has 0 N–H and O–H groups in total. The van der Waals surface area contributed by atoms with Gasteiger partial charge in [0.05, 0.1) is 17.6 Å². The van der Waals surface area contributed by atoms with Crippen molar-refractivity contribution >= 4 is 28.9 Å². The Kier molecular flexibility index (Phi) is 3.68. The molecule has 4 nitrogen and oxygen atoms in total. The highest BCUT2D eigenvalue weighted by Gasteiger charge is 2.16. The van der Waals surface area contributed by atoms with Gasteiger partial charge in [0.25, 0.3) is 0 Å². The Bertz CT molecular complexity index is 536. The predicted octanol–water partition coefficient (Wildman–Crippen LogP) is 3.15. The average Bonchev–Trinajstić information content (AvgIpc) is 2.67. The monoisotopic (exact) mass is 250 g/mol. The van der Waals surface area contributed by atoms with Gasteiger partial charge in [0.15, 0.2) is 5.16 Å². The van der Waals surface area contributed by atoms with Crippen LogP contribution in [0.25, 0.3) is 11.0 Å². The van der Waals surface area contributed by atoms with Gasteiger partial charge in [-0.25, -0.2) is 14.3 Å². The molecule has 0 aliphatic heterocycles. The standard InChI is InChI=1S/C12H14N2O2S/c1-3-16-12(15)14-10-8-6-5-7-9(10)13-11(14)17-4-2/h5-8H,3-4H2,1-2H3. The molecule has 1 aromatic heterocycles. The molecule has 0 unspecified atom stereocenters. The molecule has 0 radical (unpaired) electrons. The van der Waals surface area contributed by atoms with Crippen molar-refractivity contribution in [3.63, 3.8) is 0 Å². The number of carbonyl (C=O) groups is 1. The van der Waals surface area contributed by atoms with Gasteiger partial charge in [-0.2, -0.15) is 0 Å². The smallest absolute Gasteiger partial charge is 0.420 e. The molecule has 0 spiro atoms. The minimum atomic E-state index is -0.364. The number of rotatable bonds is 3. The lowest BCUT2D eigenvalue weighted by Gasteiger charge is -2.06. The van der Waals surface area contributed by atoms with E-state index in [0.29, 0.717) is 11.8 Å². The van der Waals surface area contributed by atoms with Crippen molar-refractivity contribution in [1.82, 2.24) is 9.55 Å². The van der Waals surface area contributed by atoms with E-state index in [-0.39, 0.29) is 6.09 Å². The van der Waals surface area contributed by atoms with Gasteiger partial charge >= 0.3 is 6.09 Å². The maximum Gasteiger partial charge on any atom is 0.420 e. The number of hydrogen-bond donors (Lipinski definition) is 0. The van der Waals surface area contributed by atoms with Gasteiger partial charge in [0.1, 0.15) is 0 Å². The summed E-state index contributed by atoms with van der Waals surface area (Å²) in [5, 5.41) is 0.687. The third-order valence-electron chi connectivity index (χ3n) is 2.25. The van der Waals surface area contributed by atoms with E-state index in [1.54, 1.807) is 6.92 Å². The van der Waals surface area contributed by atoms with Gasteiger partial charge in [-0.3, -0.25) is 0 Å². The van der Waals surface area contributed by atoms with Crippen LogP contribution < -0.4 is 0 Å². The molecule has 0 aliphatic carbocycles. The number of carbonyl (C=O) groups excluding carboxylic acids is 1. The van der Waals surface area contributed by atoms with Crippen molar-refractivity contribution < 1.29 is 9.53 Å². The van der Waals surface area contributed by atoms with Crippen molar-refractivity contribution in [2.75, 3.05) is 12.4 Å². The highest BCUT2D eigenvalue weighted by atomic mass is 32.2. The van der Waals surface area contributed by atoms with Crippen molar-refractivity contribution in [2.24, 2.45) is 0 Å². The van der Waals surface area contributed by atoms with Crippen LogP contribution in [0.1, 0.15) is 13.8 Å². The van der Waals surface area contributed by atoms with Crippen molar-refractivity contribution in [3.05, 3.63) is 24.3 Å². The van der Waals surface area contributed by atoms with Gasteiger partial charge in [-0.1, -0.05) is 30.8 Å². The van der Waals surface area contributed by atoms with Crippen LogP contribution in [0.2, 0.25) is 0 Å². The molecule has 1 heterocycles. The highest BCUT2D eigenvalue weighted by Crippen LogP contribution is 2.23. The Morgan fingerprint density at radius 3 is 2.88 bits per heavy atom. The molecule has 90 valence electrons. The number of nitrogens with zero attached hydrogens (tertiary/aromatic N) is 2. The van der Waals surface area contributed by atoms with Crippen LogP contribution in [0, 0.1) is 0 Å². The maximum atomic E-state index is 11.9. The van der Waals surface area contributed by atoms with E-state index in [1.165, 1.54) is 16.3 Å². The number of ether oxygens (including phenoxy) is 1. The van der Waals surface area contributed by atoms with Crippen LogP contribution in [-0.4, -0.2) is 28.0 Å². The summed E-state index contributed by atoms with van der Waals surface area (Å²) in [5.41, 5.74) is 1.61. The van der Waals surface area contributed by atoms with Gasteiger partial charge < -0.3 is 4.74 Å². The third kappa shape index (κ3) is 2.29. The van der Waals surface area contributed by atoms with Gasteiger partial charge in [0, 0.05) is 0 Å². The number of thioether (sulfide) groups is 1. The number of aromatic nitrogens is 2. The summed E-state index contributed by atoms with van der Waals surface area (Å²) in [6.45, 7) is 4.19. The van der Waals surface area contributed by atoms with E-state index >= 15 is 0 Å². The van der Waals surface area contributed by atoms with E-state index in [4.69, 9.17) is 4.74 Å². The lowest BCUT2D eigenvalue weighted by molar-refractivity contribution is 0.152. The number of imidazole rings is 1. The van der Waals surface area contributed by atoms with Crippen molar-refractivity contribution in [3.8, 4) is 0 Å². The predicted molar refractivity (Wildman–Crippen MR) is 68.6 cm³/mol. The van der Waals surface area contributed by atoms with E-state index in [9.17, 15) is 4.79 Å². The SMILES string of the molecule is CCOC(=O)n1c(SCC)nc2ccccc21. The zero-order valence-electron chi connectivity index (χ0n) is 9.84. The molecule has 0 saturated carbocycles. The lowest BCUT2D eigenvalue weighted by Crippen LogP contribution is -2.14. The minimum absolute atomic E-state index is 0.363. The topological polar surface area (TPSA) is 44.1 Å². The molecule has 1 aromatic carbocycles. The van der Waals surface area contributed by atoms with Crippen LogP contribution in [0.15, 0.2) is 29.4 Å². The second-order valence-corrected chi connectivity index (χ2v) is 4.58. The first-order chi connectivity index (χ1) is 8.27. The average molecular weight is 250 g/mol. The highest BCUT2D eigenvalue weighted by molar-refractivity contribution is 7.99. The molecule has 17 heavy (non-hydrogen) atoms. The number of hydrogen-bond acceptors (Lipinski definition) is 4. The molecule has 2 rings (SSSR count). The first-order valence-corrected chi connectivity index (χ1v) is 6.53. The van der Waals surface area contributed by atoms with Crippen LogP contribution >= 0.6 is 11.8 Å². The molecule has 0 amide bonds. The van der Waals surface area contributed by atoms with Crippen LogP contribution in [0.5, 0.6) is 0 Å². The fourth-order valence-corrected chi connectivity index (χ4v) is 2.32. The van der Waals surface area contributed by atoms with Crippen molar-refractivity contribution in [1.29, 1.82) is 0 Å². The summed E-state index contributed by atoms with van der Waals surface area (Å²) in [5.74, 6) is 0.864. The van der Waals surface area contributed by atoms with E-state index < -0.39 is 0 Å². The summed E-state index contributed by atoms with van der Waals surface area (Å²) in [6.07, 6.45) is -0.364. The summed E-state index contributed by atoms with van der Waals surface area (Å²) in [7, 11) is 0. The molecule has 0 aliphatic rings. The van der Waals surface area contributed by atoms with Crippen molar-refractivity contribution in [2.45, 2.75) is 19.0 Å². The molecule has 0 atom stereocenters. The normalized spacial score (nSPS) is 10.7. The lowest BCUT2D eigenvalue weighted by atomic mass is 10.3. The molecule has 0 bridgehead atoms. The second-order valence-electron chi connectivity index (χ2n) is 3.35. The quantitative estimate of drug-likeness (QED) is 0.785. The van der Waals surface area contributed by atoms with Gasteiger partial charge in [-0.05, 0) is 24.8 Å². The van der Waals surface area contributed by atoms with Gasteiger partial charge in [0.2, 0.25) is 0 Å². The minimum Gasteiger partial charge on any atom is -0.449 e. The fraction of sp³-hybridized carbons (Fsp3) is 0.333. The molecular weight excluding hydrogens is 236 g/mol. The fourth-order valence-electron chi connectivity index (χ4n) is 1.59. The summed E-state index contributed by atoms with van der Waals surface area (Å²) in [4.78, 5) is 16.3. The summed E-state index contributed by atoms with van der Waals surface area (Å²) < 4.78 is 6.59. The number of para-hydroxylation sites is 2. The molecule has 0 fully saturated rings. The van der Waals surface area contributed by atoms with Crippen LogP contribution in [-0.2, 0) is 4.74 Å². The van der Waals surface area contributed by atoms with E-state index in [0.717, 1.165) is 16.8 Å². The molecular formula is C12H14N2O2S. The van der Waals surface area contributed by atoms with Crippen LogP contribution in [0.3, 0.4) is 0 Å². The summed E-state index contributed by atoms with van der Waals surface area (Å²) in [6, 6.07) is 7.56. The summed E-state index contributed by atoms with van der Waals surface area (Å²) >= 11 is 1.53. The zero-order chi connectivity index (χ0) is 12.3. The van der Waals surface area contributed by atoms with Crippen LogP contribution in [0.4, 0.5) is 4.79 Å². The first-order valence-electron chi connectivity index (χ1n) is 5.55. The first kappa shape index (κ1) is 12.0. The Morgan fingerprint density at radius 1 is 1.41 bits per heavy atom. The zero-order valence-corrected chi connectivity index (χ0v) is 10.7. The molecule has 2 aromatic rings. The Balaban J connectivity index is 2.55. The number of fused-ring (bicyclic) bond motifs is 1. The Labute approximate surface area is 104 Å². The largest absolute Gasteiger partial charge is 0.449 e. The number of benzene rings is 1. The third-order valence-corrected chi connectivity index (χ3v) is 3.07. The van der Waals surface area contributed by atoms with E-state index in [2.05, 4.69) is 4.98 Å². The van der Waals surface area contributed by atoms with E-state index in [1.807, 2.05) is 31.2 Å². The maximum absolute atomic E-state index is 11.9. The molecule has 0 saturated heterocycles. The molecule has 5 heteroatoms. The van der Waals surface area contributed by atoms with Gasteiger partial charge in [-0.15, -0.1) is 0 Å².